The van der Waals surface area contributed by atoms with E-state index in [1.807, 2.05) is 37.8 Å². The Morgan fingerprint density at radius 1 is 1.30 bits per heavy atom. The fourth-order valence-corrected chi connectivity index (χ4v) is 1.82. The second-order valence-electron chi connectivity index (χ2n) is 5.23. The molecule has 1 aromatic carbocycles. The molecule has 0 aliphatic rings. The van der Waals surface area contributed by atoms with Gasteiger partial charge in [-0.1, -0.05) is 0 Å². The third-order valence-corrected chi connectivity index (χ3v) is 2.86. The minimum Gasteiger partial charge on any atom is -0.491 e. The van der Waals surface area contributed by atoms with Crippen LogP contribution in [0.3, 0.4) is 0 Å². The maximum absolute atomic E-state index is 11.9. The Balaban J connectivity index is 2.96. The fourth-order valence-electron chi connectivity index (χ4n) is 1.82. The average molecular weight is 279 g/mol. The van der Waals surface area contributed by atoms with E-state index in [1.54, 1.807) is 25.1 Å². The molecule has 0 bridgehead atoms. The first-order valence-electron chi connectivity index (χ1n) is 6.85. The van der Waals surface area contributed by atoms with Gasteiger partial charge in [-0.25, -0.2) is 0 Å². The van der Waals surface area contributed by atoms with Gasteiger partial charge in [0.1, 0.15) is 5.75 Å². The lowest BCUT2D eigenvalue weighted by molar-refractivity contribution is -0.127. The number of carbonyl (C=O) groups excluding carboxylic acids is 1. The highest BCUT2D eigenvalue weighted by molar-refractivity contribution is 5.81. The molecule has 1 rings (SSSR count). The van der Waals surface area contributed by atoms with Gasteiger partial charge < -0.3 is 20.3 Å². The molecule has 0 atom stereocenters. The summed E-state index contributed by atoms with van der Waals surface area (Å²) in [4.78, 5) is 15.4. The van der Waals surface area contributed by atoms with Crippen LogP contribution in [0.2, 0.25) is 0 Å². The number of anilines is 2. The number of hydrogen-bond donors (Lipinski definition) is 1. The molecule has 0 aliphatic heterocycles. The van der Waals surface area contributed by atoms with Gasteiger partial charge in [0.2, 0.25) is 5.91 Å². The van der Waals surface area contributed by atoms with Gasteiger partial charge in [0.15, 0.2) is 0 Å². The zero-order valence-corrected chi connectivity index (χ0v) is 13.0. The molecule has 112 valence electrons. The summed E-state index contributed by atoms with van der Waals surface area (Å²) in [6.45, 7) is 7.00. The number of benzene rings is 1. The van der Waals surface area contributed by atoms with Crippen LogP contribution in [0.5, 0.6) is 5.75 Å². The minimum absolute atomic E-state index is 0.0561. The van der Waals surface area contributed by atoms with E-state index >= 15 is 0 Å². The molecular formula is C15H25N3O2. The van der Waals surface area contributed by atoms with Crippen molar-refractivity contribution in [3.63, 3.8) is 0 Å². The van der Waals surface area contributed by atoms with E-state index in [1.165, 1.54) is 0 Å². The average Bonchev–Trinajstić information content (AvgIpc) is 2.33. The molecule has 0 saturated heterocycles. The van der Waals surface area contributed by atoms with E-state index in [2.05, 4.69) is 0 Å². The van der Waals surface area contributed by atoms with E-state index in [0.29, 0.717) is 12.2 Å². The Morgan fingerprint density at radius 2 is 1.95 bits per heavy atom. The van der Waals surface area contributed by atoms with Gasteiger partial charge in [0.25, 0.3) is 0 Å². The first-order chi connectivity index (χ1) is 9.33. The molecule has 1 amide bonds. The van der Waals surface area contributed by atoms with Crippen LogP contribution < -0.4 is 15.4 Å². The molecule has 0 unspecified atom stereocenters. The summed E-state index contributed by atoms with van der Waals surface area (Å²) in [6.07, 6.45) is 0.0862. The Bertz CT molecular complexity index is 458. The number of amides is 1. The number of rotatable bonds is 6. The number of nitrogens with two attached hydrogens (primary N) is 1. The second-order valence-corrected chi connectivity index (χ2v) is 5.23. The minimum atomic E-state index is 0.0561. The van der Waals surface area contributed by atoms with Crippen molar-refractivity contribution in [3.05, 3.63) is 18.2 Å². The standard InChI is InChI=1S/C15H25N3O2/c1-6-18(10-15(19)17(4)5)13-7-12(16)8-14(9-13)20-11(2)3/h7-9,11H,6,10,16H2,1-5H3. The van der Waals surface area contributed by atoms with Crippen LogP contribution in [0.25, 0.3) is 0 Å². The third-order valence-electron chi connectivity index (χ3n) is 2.86. The molecular weight excluding hydrogens is 254 g/mol. The number of hydrogen-bond acceptors (Lipinski definition) is 4. The van der Waals surface area contributed by atoms with Gasteiger partial charge in [-0.05, 0) is 26.8 Å². The van der Waals surface area contributed by atoms with Crippen LogP contribution in [0.1, 0.15) is 20.8 Å². The molecule has 0 aromatic heterocycles. The molecule has 0 spiro atoms. The molecule has 20 heavy (non-hydrogen) atoms. The monoisotopic (exact) mass is 279 g/mol. The summed E-state index contributed by atoms with van der Waals surface area (Å²) in [5.41, 5.74) is 7.45. The van der Waals surface area contributed by atoms with Crippen molar-refractivity contribution in [2.75, 3.05) is 37.8 Å². The predicted molar refractivity (Wildman–Crippen MR) is 83.2 cm³/mol. The van der Waals surface area contributed by atoms with Gasteiger partial charge in [-0.3, -0.25) is 4.79 Å². The number of likely N-dealkylation sites (N-methyl/N-ethyl adjacent to an activating group) is 2. The summed E-state index contributed by atoms with van der Waals surface area (Å²) >= 11 is 0. The van der Waals surface area contributed by atoms with Crippen molar-refractivity contribution in [1.29, 1.82) is 0 Å². The van der Waals surface area contributed by atoms with E-state index in [-0.39, 0.29) is 12.0 Å². The molecule has 0 fully saturated rings. The van der Waals surface area contributed by atoms with Crippen molar-refractivity contribution >= 4 is 17.3 Å². The third kappa shape index (κ3) is 4.64. The van der Waals surface area contributed by atoms with Crippen molar-refractivity contribution < 1.29 is 9.53 Å². The Kier molecular flexibility index (Phi) is 5.67. The van der Waals surface area contributed by atoms with Gasteiger partial charge in [-0.15, -0.1) is 0 Å². The molecule has 0 heterocycles. The van der Waals surface area contributed by atoms with Gasteiger partial charge >= 0.3 is 0 Å². The number of ether oxygens (including phenoxy) is 1. The lowest BCUT2D eigenvalue weighted by Gasteiger charge is -2.25. The highest BCUT2D eigenvalue weighted by atomic mass is 16.5. The van der Waals surface area contributed by atoms with Crippen molar-refractivity contribution in [1.82, 2.24) is 4.90 Å². The van der Waals surface area contributed by atoms with Gasteiger partial charge in [-0.2, -0.15) is 0 Å². The van der Waals surface area contributed by atoms with Crippen LogP contribution >= 0.6 is 0 Å². The Morgan fingerprint density at radius 3 is 2.45 bits per heavy atom. The summed E-state index contributed by atoms with van der Waals surface area (Å²) in [6, 6.07) is 5.58. The number of carbonyl (C=O) groups is 1. The van der Waals surface area contributed by atoms with E-state index in [9.17, 15) is 4.79 Å². The van der Waals surface area contributed by atoms with Crippen LogP contribution in [0, 0.1) is 0 Å². The van der Waals surface area contributed by atoms with Crippen LogP contribution in [-0.4, -0.2) is 44.1 Å². The lowest BCUT2D eigenvalue weighted by Crippen LogP contribution is -2.36. The smallest absolute Gasteiger partial charge is 0.241 e. The highest BCUT2D eigenvalue weighted by Gasteiger charge is 2.13. The molecule has 1 aromatic rings. The number of nitrogens with zero attached hydrogens (tertiary/aromatic N) is 2. The quantitative estimate of drug-likeness (QED) is 0.809. The van der Waals surface area contributed by atoms with Crippen LogP contribution in [-0.2, 0) is 4.79 Å². The topological polar surface area (TPSA) is 58.8 Å². The summed E-state index contributed by atoms with van der Waals surface area (Å²) in [5, 5.41) is 0. The lowest BCUT2D eigenvalue weighted by atomic mass is 10.2. The van der Waals surface area contributed by atoms with Crippen molar-refractivity contribution in [3.8, 4) is 5.75 Å². The zero-order chi connectivity index (χ0) is 15.3. The zero-order valence-electron chi connectivity index (χ0n) is 13.0. The molecule has 0 aliphatic carbocycles. The Hall–Kier alpha value is -1.91. The summed E-state index contributed by atoms with van der Waals surface area (Å²) < 4.78 is 5.68. The Labute approximate surface area is 121 Å². The highest BCUT2D eigenvalue weighted by Crippen LogP contribution is 2.26. The predicted octanol–water partition coefficient (Wildman–Crippen LogP) is 1.97. The normalized spacial score (nSPS) is 10.5. The maximum atomic E-state index is 11.9. The first kappa shape index (κ1) is 16.1. The fraction of sp³-hybridized carbons (Fsp3) is 0.533. The maximum Gasteiger partial charge on any atom is 0.241 e. The van der Waals surface area contributed by atoms with Crippen LogP contribution in [0.4, 0.5) is 11.4 Å². The SMILES string of the molecule is CCN(CC(=O)N(C)C)c1cc(N)cc(OC(C)C)c1. The van der Waals surface area contributed by atoms with E-state index in [0.717, 1.165) is 18.0 Å². The summed E-state index contributed by atoms with van der Waals surface area (Å²) in [5.74, 6) is 0.784. The molecule has 0 radical (unpaired) electrons. The van der Waals surface area contributed by atoms with E-state index in [4.69, 9.17) is 10.5 Å². The first-order valence-corrected chi connectivity index (χ1v) is 6.85. The molecule has 5 nitrogen and oxygen atoms in total. The molecule has 5 heteroatoms. The van der Waals surface area contributed by atoms with Crippen LogP contribution in [0.15, 0.2) is 18.2 Å². The number of nitrogen functional groups attached to an aromatic ring is 1. The van der Waals surface area contributed by atoms with E-state index < -0.39 is 0 Å². The molecule has 2 N–H and O–H groups in total. The summed E-state index contributed by atoms with van der Waals surface area (Å²) in [7, 11) is 3.51. The molecule has 0 saturated carbocycles. The largest absolute Gasteiger partial charge is 0.491 e. The van der Waals surface area contributed by atoms with Crippen molar-refractivity contribution in [2.45, 2.75) is 26.9 Å². The van der Waals surface area contributed by atoms with Gasteiger partial charge in [0.05, 0.1) is 12.6 Å². The van der Waals surface area contributed by atoms with Gasteiger partial charge in [0, 0.05) is 44.1 Å². The van der Waals surface area contributed by atoms with Crippen molar-refractivity contribution in [2.24, 2.45) is 0 Å². The second kappa shape index (κ2) is 7.03.